The van der Waals surface area contributed by atoms with E-state index in [1.807, 2.05) is 13.8 Å². The van der Waals surface area contributed by atoms with Gasteiger partial charge >= 0.3 is 0 Å². The number of thiazole rings is 1. The summed E-state index contributed by atoms with van der Waals surface area (Å²) < 4.78 is 0. The summed E-state index contributed by atoms with van der Waals surface area (Å²) in [5.74, 6) is 6.40. The topological polar surface area (TPSA) is 88.8 Å². The second-order valence-corrected chi connectivity index (χ2v) is 5.19. The molecule has 96 valence electrons. The highest BCUT2D eigenvalue weighted by molar-refractivity contribution is 7.11. The van der Waals surface area contributed by atoms with E-state index in [2.05, 4.69) is 32.6 Å². The third-order valence-corrected chi connectivity index (χ3v) is 3.74. The van der Waals surface area contributed by atoms with Crippen molar-refractivity contribution in [3.05, 3.63) is 27.8 Å². The Morgan fingerprint density at radius 2 is 2.11 bits per heavy atom. The maximum Gasteiger partial charge on any atom is 0.239 e. The maximum atomic E-state index is 5.28. The lowest BCUT2D eigenvalue weighted by molar-refractivity contribution is 0.877. The van der Waals surface area contributed by atoms with Crippen LogP contribution < -0.4 is 16.6 Å². The van der Waals surface area contributed by atoms with Gasteiger partial charge in [0.05, 0.1) is 16.7 Å². The Morgan fingerprint density at radius 3 is 2.72 bits per heavy atom. The molecule has 18 heavy (non-hydrogen) atoms. The number of rotatable bonds is 4. The van der Waals surface area contributed by atoms with E-state index in [1.54, 1.807) is 23.6 Å². The van der Waals surface area contributed by atoms with E-state index in [-0.39, 0.29) is 6.04 Å². The van der Waals surface area contributed by atoms with Gasteiger partial charge in [0.15, 0.2) is 0 Å². The standard InChI is InChI=1S/C11H16N6S/c1-6-10(18-8(3)14-6)7(2)15-9-4-5-13-11(16-9)17-12/h4-5,7H,12H2,1-3H3,(H2,13,15,16,17). The van der Waals surface area contributed by atoms with Crippen LogP contribution in [-0.4, -0.2) is 15.0 Å². The van der Waals surface area contributed by atoms with Gasteiger partial charge in [-0.25, -0.2) is 15.8 Å². The summed E-state index contributed by atoms with van der Waals surface area (Å²) in [7, 11) is 0. The minimum Gasteiger partial charge on any atom is -0.362 e. The van der Waals surface area contributed by atoms with E-state index >= 15 is 0 Å². The highest BCUT2D eigenvalue weighted by atomic mass is 32.1. The van der Waals surface area contributed by atoms with Crippen molar-refractivity contribution < 1.29 is 0 Å². The summed E-state index contributed by atoms with van der Waals surface area (Å²) in [5, 5.41) is 4.38. The van der Waals surface area contributed by atoms with E-state index in [1.165, 1.54) is 4.88 Å². The Hall–Kier alpha value is -1.73. The molecule has 4 N–H and O–H groups in total. The number of nitrogen functional groups attached to an aromatic ring is 1. The first-order valence-electron chi connectivity index (χ1n) is 5.60. The SMILES string of the molecule is Cc1nc(C)c(C(C)Nc2ccnc(NN)n2)s1. The summed E-state index contributed by atoms with van der Waals surface area (Å²) in [6, 6.07) is 1.96. The Labute approximate surface area is 110 Å². The van der Waals surface area contributed by atoms with E-state index in [4.69, 9.17) is 5.84 Å². The lowest BCUT2D eigenvalue weighted by Crippen LogP contribution is -2.13. The Kier molecular flexibility index (Phi) is 3.73. The minimum absolute atomic E-state index is 0.150. The molecule has 2 rings (SSSR count). The molecule has 2 heterocycles. The number of hydrazine groups is 1. The van der Waals surface area contributed by atoms with E-state index in [0.717, 1.165) is 16.5 Å². The fourth-order valence-corrected chi connectivity index (χ4v) is 2.67. The Bertz CT molecular complexity index is 538. The minimum atomic E-state index is 0.150. The molecule has 7 heteroatoms. The summed E-state index contributed by atoms with van der Waals surface area (Å²) in [4.78, 5) is 13.8. The van der Waals surface area contributed by atoms with Gasteiger partial charge in [-0.15, -0.1) is 11.3 Å². The molecule has 0 radical (unpaired) electrons. The zero-order chi connectivity index (χ0) is 13.1. The summed E-state index contributed by atoms with van der Waals surface area (Å²) >= 11 is 1.69. The smallest absolute Gasteiger partial charge is 0.239 e. The number of aromatic nitrogens is 3. The molecule has 2 aromatic rings. The molecule has 0 amide bonds. The quantitative estimate of drug-likeness (QED) is 0.578. The fourth-order valence-electron chi connectivity index (χ4n) is 1.74. The molecule has 1 unspecified atom stereocenters. The molecule has 0 saturated carbocycles. The zero-order valence-corrected chi connectivity index (χ0v) is 11.4. The zero-order valence-electron chi connectivity index (χ0n) is 10.6. The first-order chi connectivity index (χ1) is 8.60. The Morgan fingerprint density at radius 1 is 1.33 bits per heavy atom. The second-order valence-electron chi connectivity index (χ2n) is 3.96. The van der Waals surface area contributed by atoms with E-state index in [0.29, 0.717) is 5.95 Å². The van der Waals surface area contributed by atoms with E-state index < -0.39 is 0 Å². The van der Waals surface area contributed by atoms with Gasteiger partial charge in [0.1, 0.15) is 5.82 Å². The molecule has 6 nitrogen and oxygen atoms in total. The van der Waals surface area contributed by atoms with Crippen LogP contribution in [0.15, 0.2) is 12.3 Å². The average molecular weight is 264 g/mol. The summed E-state index contributed by atoms with van der Waals surface area (Å²) in [5.41, 5.74) is 3.48. The van der Waals surface area contributed by atoms with Crippen molar-refractivity contribution in [2.45, 2.75) is 26.8 Å². The normalized spacial score (nSPS) is 12.2. The molecule has 0 aliphatic rings. The first-order valence-corrected chi connectivity index (χ1v) is 6.42. The highest BCUT2D eigenvalue weighted by Gasteiger charge is 2.13. The molecule has 0 aliphatic heterocycles. The molecular weight excluding hydrogens is 248 g/mol. The van der Waals surface area contributed by atoms with Gasteiger partial charge in [-0.05, 0) is 26.8 Å². The van der Waals surface area contributed by atoms with Gasteiger partial charge < -0.3 is 5.32 Å². The molecule has 0 saturated heterocycles. The predicted octanol–water partition coefficient (Wildman–Crippen LogP) is 2.01. The van der Waals surface area contributed by atoms with Crippen molar-refractivity contribution in [3.63, 3.8) is 0 Å². The average Bonchev–Trinajstić information content (AvgIpc) is 2.69. The van der Waals surface area contributed by atoms with Crippen molar-refractivity contribution in [1.82, 2.24) is 15.0 Å². The van der Waals surface area contributed by atoms with Crippen LogP contribution in [0.4, 0.5) is 11.8 Å². The van der Waals surface area contributed by atoms with Crippen molar-refractivity contribution in [3.8, 4) is 0 Å². The fraction of sp³-hybridized carbons (Fsp3) is 0.364. The summed E-state index contributed by atoms with van der Waals surface area (Å²) in [6.07, 6.45) is 1.65. The number of nitrogens with one attached hydrogen (secondary N) is 2. The maximum absolute atomic E-state index is 5.28. The molecule has 0 fully saturated rings. The van der Waals surface area contributed by atoms with Gasteiger partial charge in [0.25, 0.3) is 0 Å². The largest absolute Gasteiger partial charge is 0.362 e. The van der Waals surface area contributed by atoms with Crippen molar-refractivity contribution >= 4 is 23.1 Å². The van der Waals surface area contributed by atoms with E-state index in [9.17, 15) is 0 Å². The van der Waals surface area contributed by atoms with Gasteiger partial charge in [-0.1, -0.05) is 0 Å². The lowest BCUT2D eigenvalue weighted by Gasteiger charge is -2.13. The Balaban J connectivity index is 2.15. The predicted molar refractivity (Wildman–Crippen MR) is 73.5 cm³/mol. The number of hydrogen-bond acceptors (Lipinski definition) is 7. The van der Waals surface area contributed by atoms with Gasteiger partial charge in [0.2, 0.25) is 5.95 Å². The monoisotopic (exact) mass is 264 g/mol. The molecule has 2 aromatic heterocycles. The highest BCUT2D eigenvalue weighted by Crippen LogP contribution is 2.26. The molecule has 0 aromatic carbocycles. The van der Waals surface area contributed by atoms with Crippen LogP contribution in [0.25, 0.3) is 0 Å². The van der Waals surface area contributed by atoms with Gasteiger partial charge in [0, 0.05) is 11.1 Å². The molecular formula is C11H16N6S. The lowest BCUT2D eigenvalue weighted by atomic mass is 10.2. The van der Waals surface area contributed by atoms with Crippen molar-refractivity contribution in [2.75, 3.05) is 10.7 Å². The number of nitrogens with zero attached hydrogens (tertiary/aromatic N) is 3. The number of nitrogens with two attached hydrogens (primary N) is 1. The van der Waals surface area contributed by atoms with Gasteiger partial charge in [-0.2, -0.15) is 4.98 Å². The van der Waals surface area contributed by atoms with Crippen molar-refractivity contribution in [1.29, 1.82) is 0 Å². The van der Waals surface area contributed by atoms with Crippen LogP contribution in [0.2, 0.25) is 0 Å². The number of anilines is 2. The third-order valence-electron chi connectivity index (χ3n) is 2.48. The number of hydrogen-bond donors (Lipinski definition) is 3. The van der Waals surface area contributed by atoms with Crippen LogP contribution >= 0.6 is 11.3 Å². The molecule has 0 spiro atoms. The third kappa shape index (κ3) is 2.74. The molecule has 0 bridgehead atoms. The molecule has 0 aliphatic carbocycles. The van der Waals surface area contributed by atoms with Crippen LogP contribution in [0.1, 0.15) is 28.5 Å². The van der Waals surface area contributed by atoms with Crippen LogP contribution in [0, 0.1) is 13.8 Å². The van der Waals surface area contributed by atoms with Crippen LogP contribution in [0.3, 0.4) is 0 Å². The molecule has 1 atom stereocenters. The van der Waals surface area contributed by atoms with Crippen molar-refractivity contribution in [2.24, 2.45) is 5.84 Å². The van der Waals surface area contributed by atoms with Gasteiger partial charge in [-0.3, -0.25) is 5.43 Å². The summed E-state index contributed by atoms with van der Waals surface area (Å²) in [6.45, 7) is 6.11. The van der Waals surface area contributed by atoms with Crippen LogP contribution in [-0.2, 0) is 0 Å². The second kappa shape index (κ2) is 5.28. The van der Waals surface area contributed by atoms with Crippen LogP contribution in [0.5, 0.6) is 0 Å². The first kappa shape index (κ1) is 12.7. The number of aryl methyl sites for hydroxylation is 2.